The van der Waals surface area contributed by atoms with Crippen LogP contribution in [0.2, 0.25) is 0 Å². The lowest BCUT2D eigenvalue weighted by Crippen LogP contribution is -2.41. The summed E-state index contributed by atoms with van der Waals surface area (Å²) in [5.74, 6) is 1.70. The largest absolute Gasteiger partial charge is 0.372 e. The maximum atomic E-state index is 11.8. The van der Waals surface area contributed by atoms with E-state index in [1.165, 1.54) is 0 Å². The van der Waals surface area contributed by atoms with Crippen LogP contribution in [0, 0.1) is 11.8 Å². The van der Waals surface area contributed by atoms with Gasteiger partial charge in [0.2, 0.25) is 5.91 Å². The van der Waals surface area contributed by atoms with Crippen LogP contribution in [0.3, 0.4) is 0 Å². The minimum absolute atomic E-state index is 0.163. The first-order valence-corrected chi connectivity index (χ1v) is 6.50. The zero-order chi connectivity index (χ0) is 12.0. The Kier molecular flexibility index (Phi) is 5.81. The molecule has 3 heteroatoms. The summed E-state index contributed by atoms with van der Waals surface area (Å²) in [7, 11) is 0. The monoisotopic (exact) mass is 227 g/mol. The lowest BCUT2D eigenvalue weighted by Gasteiger charge is -2.33. The third kappa shape index (κ3) is 4.12. The molecule has 1 saturated heterocycles. The highest BCUT2D eigenvalue weighted by molar-refractivity contribution is 5.77. The first-order valence-electron chi connectivity index (χ1n) is 6.50. The lowest BCUT2D eigenvalue weighted by molar-refractivity contribution is -0.137. The van der Waals surface area contributed by atoms with E-state index in [1.807, 2.05) is 4.90 Å². The molecule has 0 N–H and O–H groups in total. The second-order valence-electron chi connectivity index (χ2n) is 5.01. The summed E-state index contributed by atoms with van der Waals surface area (Å²) in [4.78, 5) is 13.7. The smallest absolute Gasteiger partial charge is 0.248 e. The molecule has 1 aliphatic rings. The molecule has 0 saturated carbocycles. The molecule has 0 unspecified atom stereocenters. The molecule has 0 aromatic heterocycles. The number of rotatable bonds is 5. The van der Waals surface area contributed by atoms with Gasteiger partial charge in [-0.2, -0.15) is 0 Å². The Hall–Kier alpha value is -0.570. The number of carbonyl (C=O) groups excluding carboxylic acids is 1. The molecule has 0 spiro atoms. The van der Waals surface area contributed by atoms with Gasteiger partial charge in [-0.1, -0.05) is 20.8 Å². The number of nitrogens with zero attached hydrogens (tertiary/aromatic N) is 1. The van der Waals surface area contributed by atoms with E-state index >= 15 is 0 Å². The van der Waals surface area contributed by atoms with Crippen LogP contribution in [0.15, 0.2) is 0 Å². The van der Waals surface area contributed by atoms with Crippen LogP contribution in [0.5, 0.6) is 0 Å². The average molecular weight is 227 g/mol. The summed E-state index contributed by atoms with van der Waals surface area (Å²) in [5, 5.41) is 0. The molecule has 1 rings (SSSR count). The average Bonchev–Trinajstić information content (AvgIpc) is 2.29. The van der Waals surface area contributed by atoms with Crippen molar-refractivity contribution in [2.75, 3.05) is 26.3 Å². The maximum Gasteiger partial charge on any atom is 0.248 e. The van der Waals surface area contributed by atoms with Crippen molar-refractivity contribution in [3.05, 3.63) is 0 Å². The summed E-state index contributed by atoms with van der Waals surface area (Å²) < 4.78 is 5.28. The molecule has 1 heterocycles. The molecule has 0 aromatic carbocycles. The molecule has 1 amide bonds. The molecule has 3 nitrogen and oxygen atoms in total. The van der Waals surface area contributed by atoms with E-state index in [4.69, 9.17) is 4.74 Å². The summed E-state index contributed by atoms with van der Waals surface area (Å²) in [6.07, 6.45) is 3.27. The molecule has 1 aliphatic heterocycles. The van der Waals surface area contributed by atoms with Crippen LogP contribution < -0.4 is 0 Å². The molecular weight excluding hydrogens is 202 g/mol. The van der Waals surface area contributed by atoms with Crippen molar-refractivity contribution in [2.45, 2.75) is 40.0 Å². The van der Waals surface area contributed by atoms with E-state index in [2.05, 4.69) is 20.8 Å². The highest BCUT2D eigenvalue weighted by Crippen LogP contribution is 2.24. The molecule has 0 bridgehead atoms. The maximum absolute atomic E-state index is 11.8. The molecule has 0 aliphatic carbocycles. The molecule has 0 aromatic rings. The van der Waals surface area contributed by atoms with Crippen molar-refractivity contribution < 1.29 is 9.53 Å². The topological polar surface area (TPSA) is 29.5 Å². The standard InChI is InChI=1S/C13H25NO2/c1-4-9-16-10-13(15)14-7-5-12(6-8-14)11(2)3/h11-12H,4-10H2,1-3H3. The molecule has 0 atom stereocenters. The van der Waals surface area contributed by atoms with Gasteiger partial charge in [0.05, 0.1) is 0 Å². The van der Waals surface area contributed by atoms with Gasteiger partial charge in [0.25, 0.3) is 0 Å². The van der Waals surface area contributed by atoms with Crippen molar-refractivity contribution in [1.29, 1.82) is 0 Å². The number of hydrogen-bond acceptors (Lipinski definition) is 2. The van der Waals surface area contributed by atoms with Crippen LogP contribution in [0.1, 0.15) is 40.0 Å². The molecular formula is C13H25NO2. The predicted molar refractivity (Wildman–Crippen MR) is 65.3 cm³/mol. The Bertz CT molecular complexity index is 208. The van der Waals surface area contributed by atoms with E-state index < -0.39 is 0 Å². The fourth-order valence-corrected chi connectivity index (χ4v) is 2.21. The number of amides is 1. The van der Waals surface area contributed by atoms with Gasteiger partial charge < -0.3 is 9.64 Å². The Balaban J connectivity index is 2.22. The van der Waals surface area contributed by atoms with Gasteiger partial charge in [-0.05, 0) is 31.1 Å². The second kappa shape index (κ2) is 6.89. The Morgan fingerprint density at radius 3 is 2.50 bits per heavy atom. The number of piperidine rings is 1. The Morgan fingerprint density at radius 2 is 2.00 bits per heavy atom. The van der Waals surface area contributed by atoms with Gasteiger partial charge in [-0.15, -0.1) is 0 Å². The van der Waals surface area contributed by atoms with Crippen LogP contribution in [-0.4, -0.2) is 37.1 Å². The van der Waals surface area contributed by atoms with E-state index in [1.54, 1.807) is 0 Å². The predicted octanol–water partition coefficient (Wildman–Crippen LogP) is 2.31. The number of likely N-dealkylation sites (tertiary alicyclic amines) is 1. The number of hydrogen-bond donors (Lipinski definition) is 0. The van der Waals surface area contributed by atoms with Gasteiger partial charge in [-0.3, -0.25) is 4.79 Å². The fourth-order valence-electron chi connectivity index (χ4n) is 2.21. The number of carbonyl (C=O) groups is 1. The van der Waals surface area contributed by atoms with Gasteiger partial charge in [-0.25, -0.2) is 0 Å². The van der Waals surface area contributed by atoms with Crippen LogP contribution in [0.4, 0.5) is 0 Å². The third-order valence-electron chi connectivity index (χ3n) is 3.41. The molecule has 94 valence electrons. The van der Waals surface area contributed by atoms with Crippen molar-refractivity contribution >= 4 is 5.91 Å². The summed E-state index contributed by atoms with van der Waals surface area (Å²) >= 11 is 0. The zero-order valence-corrected chi connectivity index (χ0v) is 10.9. The van der Waals surface area contributed by atoms with Crippen molar-refractivity contribution in [1.82, 2.24) is 4.90 Å². The van der Waals surface area contributed by atoms with Crippen molar-refractivity contribution in [3.63, 3.8) is 0 Å². The van der Waals surface area contributed by atoms with Crippen LogP contribution in [0.25, 0.3) is 0 Å². The minimum atomic E-state index is 0.163. The van der Waals surface area contributed by atoms with E-state index in [-0.39, 0.29) is 12.5 Å². The summed E-state index contributed by atoms with van der Waals surface area (Å²) in [6, 6.07) is 0. The summed E-state index contributed by atoms with van der Waals surface area (Å²) in [6.45, 7) is 9.38. The van der Waals surface area contributed by atoms with Gasteiger partial charge in [0.1, 0.15) is 6.61 Å². The fraction of sp³-hybridized carbons (Fsp3) is 0.923. The minimum Gasteiger partial charge on any atom is -0.372 e. The van der Waals surface area contributed by atoms with Gasteiger partial charge in [0.15, 0.2) is 0 Å². The SMILES string of the molecule is CCCOCC(=O)N1CCC(C(C)C)CC1. The normalized spacial score (nSPS) is 18.1. The van der Waals surface area contributed by atoms with E-state index in [9.17, 15) is 4.79 Å². The molecule has 16 heavy (non-hydrogen) atoms. The van der Waals surface area contributed by atoms with E-state index in [0.29, 0.717) is 6.61 Å². The third-order valence-corrected chi connectivity index (χ3v) is 3.41. The van der Waals surface area contributed by atoms with Gasteiger partial charge in [0, 0.05) is 19.7 Å². The molecule has 0 radical (unpaired) electrons. The van der Waals surface area contributed by atoms with Crippen molar-refractivity contribution in [2.24, 2.45) is 11.8 Å². The number of ether oxygens (including phenoxy) is 1. The van der Waals surface area contributed by atoms with E-state index in [0.717, 1.165) is 44.2 Å². The van der Waals surface area contributed by atoms with Crippen molar-refractivity contribution in [3.8, 4) is 0 Å². The highest BCUT2D eigenvalue weighted by atomic mass is 16.5. The summed E-state index contributed by atoms with van der Waals surface area (Å²) in [5.41, 5.74) is 0. The zero-order valence-electron chi connectivity index (χ0n) is 10.9. The van der Waals surface area contributed by atoms with Crippen LogP contribution >= 0.6 is 0 Å². The second-order valence-corrected chi connectivity index (χ2v) is 5.01. The highest BCUT2D eigenvalue weighted by Gasteiger charge is 2.24. The Morgan fingerprint density at radius 1 is 1.38 bits per heavy atom. The van der Waals surface area contributed by atoms with Gasteiger partial charge >= 0.3 is 0 Å². The first kappa shape index (κ1) is 13.5. The Labute approximate surface area is 99.1 Å². The quantitative estimate of drug-likeness (QED) is 0.675. The molecule has 1 fully saturated rings. The first-order chi connectivity index (χ1) is 7.65. The lowest BCUT2D eigenvalue weighted by atomic mass is 9.87. The van der Waals surface area contributed by atoms with Crippen LogP contribution in [-0.2, 0) is 9.53 Å².